The van der Waals surface area contributed by atoms with E-state index in [1.165, 1.54) is 0 Å². The molecule has 0 saturated carbocycles. The standard InChI is InChI=1S/C17H17N3O/c18-11-10-16(20-17(21)12-19)15-8-6-14(7-9-15)13-4-2-1-3-5-13/h1-9,16H,10,12,19H2,(H,20,21). The van der Waals surface area contributed by atoms with Gasteiger partial charge in [-0.25, -0.2) is 0 Å². The van der Waals surface area contributed by atoms with E-state index < -0.39 is 0 Å². The van der Waals surface area contributed by atoms with Gasteiger partial charge in [0, 0.05) is 0 Å². The summed E-state index contributed by atoms with van der Waals surface area (Å²) >= 11 is 0. The molecule has 0 aromatic heterocycles. The summed E-state index contributed by atoms with van der Waals surface area (Å²) in [6.45, 7) is -0.0793. The molecule has 0 radical (unpaired) electrons. The van der Waals surface area contributed by atoms with Crippen LogP contribution in [0.3, 0.4) is 0 Å². The summed E-state index contributed by atoms with van der Waals surface area (Å²) < 4.78 is 0. The Bertz CT molecular complexity index is 629. The zero-order valence-corrected chi connectivity index (χ0v) is 11.6. The topological polar surface area (TPSA) is 78.9 Å². The molecular formula is C17H17N3O. The Labute approximate surface area is 124 Å². The Morgan fingerprint density at radius 1 is 1.10 bits per heavy atom. The number of amides is 1. The molecule has 0 heterocycles. The fourth-order valence-corrected chi connectivity index (χ4v) is 2.14. The second-order valence-corrected chi connectivity index (χ2v) is 4.67. The summed E-state index contributed by atoms with van der Waals surface area (Å²) in [7, 11) is 0. The minimum atomic E-state index is -0.323. The quantitative estimate of drug-likeness (QED) is 0.882. The minimum absolute atomic E-state index is 0.0793. The molecule has 21 heavy (non-hydrogen) atoms. The average molecular weight is 279 g/mol. The van der Waals surface area contributed by atoms with E-state index in [9.17, 15) is 4.79 Å². The van der Waals surface area contributed by atoms with Crippen molar-refractivity contribution in [2.45, 2.75) is 12.5 Å². The Kier molecular flexibility index (Phi) is 5.08. The molecule has 0 bridgehead atoms. The van der Waals surface area contributed by atoms with E-state index in [1.54, 1.807) is 0 Å². The third kappa shape index (κ3) is 3.91. The number of hydrogen-bond donors (Lipinski definition) is 2. The normalized spacial score (nSPS) is 11.4. The van der Waals surface area contributed by atoms with Gasteiger partial charge in [-0.05, 0) is 16.7 Å². The van der Waals surface area contributed by atoms with Crippen molar-refractivity contribution in [1.29, 1.82) is 5.26 Å². The van der Waals surface area contributed by atoms with Crippen LogP contribution in [0.5, 0.6) is 0 Å². The van der Waals surface area contributed by atoms with Gasteiger partial charge in [-0.2, -0.15) is 5.26 Å². The van der Waals surface area contributed by atoms with Gasteiger partial charge in [0.05, 0.1) is 25.1 Å². The first-order valence-corrected chi connectivity index (χ1v) is 6.76. The SMILES string of the molecule is N#CCC(NC(=O)CN)c1ccc(-c2ccccc2)cc1. The second-order valence-electron chi connectivity index (χ2n) is 4.67. The van der Waals surface area contributed by atoms with Crippen LogP contribution in [0.15, 0.2) is 54.6 Å². The van der Waals surface area contributed by atoms with Crippen LogP contribution in [0.1, 0.15) is 18.0 Å². The van der Waals surface area contributed by atoms with E-state index in [0.29, 0.717) is 0 Å². The van der Waals surface area contributed by atoms with Crippen LogP contribution < -0.4 is 11.1 Å². The van der Waals surface area contributed by atoms with Gasteiger partial charge < -0.3 is 11.1 Å². The van der Waals surface area contributed by atoms with Gasteiger partial charge >= 0.3 is 0 Å². The predicted molar refractivity (Wildman–Crippen MR) is 82.0 cm³/mol. The lowest BCUT2D eigenvalue weighted by molar-refractivity contribution is -0.120. The van der Waals surface area contributed by atoms with E-state index in [4.69, 9.17) is 11.0 Å². The molecule has 2 rings (SSSR count). The van der Waals surface area contributed by atoms with E-state index in [-0.39, 0.29) is 24.9 Å². The fraction of sp³-hybridized carbons (Fsp3) is 0.176. The smallest absolute Gasteiger partial charge is 0.234 e. The molecule has 0 spiro atoms. The molecule has 0 aliphatic carbocycles. The van der Waals surface area contributed by atoms with Crippen LogP contribution in [0.25, 0.3) is 11.1 Å². The van der Waals surface area contributed by atoms with Crippen LogP contribution in [0.4, 0.5) is 0 Å². The number of carbonyl (C=O) groups excluding carboxylic acids is 1. The summed E-state index contributed by atoms with van der Waals surface area (Å²) in [6.07, 6.45) is 0.219. The highest BCUT2D eigenvalue weighted by Gasteiger charge is 2.13. The molecular weight excluding hydrogens is 262 g/mol. The largest absolute Gasteiger partial charge is 0.347 e. The van der Waals surface area contributed by atoms with Crippen LogP contribution in [-0.2, 0) is 4.79 Å². The fourth-order valence-electron chi connectivity index (χ4n) is 2.14. The van der Waals surface area contributed by atoms with Gasteiger partial charge in [0.2, 0.25) is 5.91 Å². The first-order chi connectivity index (χ1) is 10.2. The molecule has 2 aromatic carbocycles. The maximum absolute atomic E-state index is 11.4. The third-order valence-electron chi connectivity index (χ3n) is 3.24. The van der Waals surface area contributed by atoms with Gasteiger partial charge in [0.1, 0.15) is 0 Å². The van der Waals surface area contributed by atoms with Crippen molar-refractivity contribution in [1.82, 2.24) is 5.32 Å². The Morgan fingerprint density at radius 3 is 2.29 bits per heavy atom. The van der Waals surface area contributed by atoms with E-state index in [0.717, 1.165) is 16.7 Å². The van der Waals surface area contributed by atoms with Crippen molar-refractivity contribution >= 4 is 5.91 Å². The van der Waals surface area contributed by atoms with Crippen molar-refractivity contribution in [3.8, 4) is 17.2 Å². The number of carbonyl (C=O) groups is 1. The lowest BCUT2D eigenvalue weighted by Crippen LogP contribution is -2.33. The number of nitriles is 1. The summed E-state index contributed by atoms with van der Waals surface area (Å²) in [5.74, 6) is -0.262. The highest BCUT2D eigenvalue weighted by atomic mass is 16.1. The highest BCUT2D eigenvalue weighted by molar-refractivity contribution is 5.78. The third-order valence-corrected chi connectivity index (χ3v) is 3.24. The van der Waals surface area contributed by atoms with Gasteiger partial charge in [-0.15, -0.1) is 0 Å². The van der Waals surface area contributed by atoms with Gasteiger partial charge in [0.15, 0.2) is 0 Å². The molecule has 0 fully saturated rings. The number of nitrogens with one attached hydrogen (secondary N) is 1. The first kappa shape index (κ1) is 14.8. The van der Waals surface area contributed by atoms with Crippen LogP contribution in [0.2, 0.25) is 0 Å². The van der Waals surface area contributed by atoms with Crippen molar-refractivity contribution in [3.63, 3.8) is 0 Å². The van der Waals surface area contributed by atoms with E-state index >= 15 is 0 Å². The molecule has 0 aliphatic heterocycles. The summed E-state index contributed by atoms with van der Waals surface area (Å²) in [4.78, 5) is 11.4. The molecule has 0 saturated heterocycles. The van der Waals surface area contributed by atoms with E-state index in [1.807, 2.05) is 54.6 Å². The summed E-state index contributed by atoms with van der Waals surface area (Å²) in [5.41, 5.74) is 8.43. The van der Waals surface area contributed by atoms with Crippen molar-refractivity contribution in [3.05, 3.63) is 60.2 Å². The zero-order valence-electron chi connectivity index (χ0n) is 11.6. The van der Waals surface area contributed by atoms with Crippen LogP contribution in [0, 0.1) is 11.3 Å². The highest BCUT2D eigenvalue weighted by Crippen LogP contribution is 2.23. The van der Waals surface area contributed by atoms with Gasteiger partial charge in [-0.3, -0.25) is 4.79 Å². The average Bonchev–Trinajstić information content (AvgIpc) is 2.55. The van der Waals surface area contributed by atoms with Crippen molar-refractivity contribution in [2.75, 3.05) is 6.54 Å². The predicted octanol–water partition coefficient (Wildman–Crippen LogP) is 2.38. The van der Waals surface area contributed by atoms with Crippen molar-refractivity contribution in [2.24, 2.45) is 5.73 Å². The molecule has 4 heteroatoms. The van der Waals surface area contributed by atoms with Crippen molar-refractivity contribution < 1.29 is 4.79 Å². The molecule has 106 valence electrons. The molecule has 1 atom stereocenters. The maximum Gasteiger partial charge on any atom is 0.234 e. The van der Waals surface area contributed by atoms with Crippen LogP contribution in [-0.4, -0.2) is 12.5 Å². The molecule has 1 amide bonds. The second kappa shape index (κ2) is 7.22. The summed E-state index contributed by atoms with van der Waals surface area (Å²) in [5, 5.41) is 11.6. The monoisotopic (exact) mass is 279 g/mol. The van der Waals surface area contributed by atoms with Gasteiger partial charge in [-0.1, -0.05) is 54.6 Å². The Balaban J connectivity index is 2.20. The van der Waals surface area contributed by atoms with Crippen LogP contribution >= 0.6 is 0 Å². The zero-order chi connectivity index (χ0) is 15.1. The number of rotatable bonds is 5. The number of benzene rings is 2. The molecule has 2 aromatic rings. The molecule has 4 nitrogen and oxygen atoms in total. The van der Waals surface area contributed by atoms with Gasteiger partial charge in [0.25, 0.3) is 0 Å². The maximum atomic E-state index is 11.4. The summed E-state index contributed by atoms with van der Waals surface area (Å²) in [6, 6.07) is 19.6. The Morgan fingerprint density at radius 2 is 1.71 bits per heavy atom. The molecule has 3 N–H and O–H groups in total. The number of nitrogens with zero attached hydrogens (tertiary/aromatic N) is 1. The molecule has 1 unspecified atom stereocenters. The lowest BCUT2D eigenvalue weighted by Gasteiger charge is -2.16. The number of hydrogen-bond acceptors (Lipinski definition) is 3. The molecule has 0 aliphatic rings. The first-order valence-electron chi connectivity index (χ1n) is 6.76. The minimum Gasteiger partial charge on any atom is -0.347 e. The van der Waals surface area contributed by atoms with E-state index in [2.05, 4.69) is 11.4 Å². The Hall–Kier alpha value is -2.64. The lowest BCUT2D eigenvalue weighted by atomic mass is 9.99. The number of nitrogens with two attached hydrogens (primary N) is 1.